The first-order chi connectivity index (χ1) is 24.8. The second-order valence-electron chi connectivity index (χ2n) is 13.2. The predicted molar refractivity (Wildman–Crippen MR) is 199 cm³/mol. The van der Waals surface area contributed by atoms with E-state index < -0.39 is 5.60 Å². The molecule has 0 aliphatic carbocycles. The van der Waals surface area contributed by atoms with Crippen molar-refractivity contribution in [3.8, 4) is 5.75 Å². The molecule has 0 heterocycles. The number of benzene rings is 1. The molecule has 0 atom stereocenters. The van der Waals surface area contributed by atoms with Gasteiger partial charge in [0.15, 0.2) is 0 Å². The molecule has 1 aromatic carbocycles. The number of nitrogens with zero attached hydrogens (tertiary/aromatic N) is 1. The van der Waals surface area contributed by atoms with Gasteiger partial charge in [-0.25, -0.2) is 4.79 Å². The van der Waals surface area contributed by atoms with Crippen molar-refractivity contribution < 1.29 is 52.2 Å². The minimum atomic E-state index is -0.508. The van der Waals surface area contributed by atoms with E-state index in [4.69, 9.17) is 47.4 Å². The van der Waals surface area contributed by atoms with Crippen molar-refractivity contribution in [3.63, 3.8) is 0 Å². The summed E-state index contributed by atoms with van der Waals surface area (Å²) in [7, 11) is 1.69. The fourth-order valence-electron chi connectivity index (χ4n) is 4.53. The van der Waals surface area contributed by atoms with Crippen LogP contribution in [0.3, 0.4) is 0 Å². The summed E-state index contributed by atoms with van der Waals surface area (Å²) >= 11 is 0. The standard InChI is InChI=1S/C39H71NO11/c1-6-7-8-9-10-11-12-13-36-14-16-37(17-15-36)50-35-34-49-33-32-48-31-30-47-29-28-46-27-26-45-25-24-44-23-22-43-21-20-42-19-18-40(5)38(41)51-39(2,3)4/h14-17H,6-13,18-35H2,1-5H3. The number of hydrogen-bond acceptors (Lipinski definition) is 11. The molecule has 1 amide bonds. The zero-order chi connectivity index (χ0) is 37.1. The minimum absolute atomic E-state index is 0.361. The lowest BCUT2D eigenvalue weighted by atomic mass is 10.0. The Labute approximate surface area is 309 Å². The number of aryl methyl sites for hydroxylation is 1. The lowest BCUT2D eigenvalue weighted by Gasteiger charge is -2.24. The van der Waals surface area contributed by atoms with Crippen molar-refractivity contribution in [2.45, 2.75) is 84.7 Å². The molecule has 298 valence electrons. The molecule has 0 saturated carbocycles. The van der Waals surface area contributed by atoms with Crippen LogP contribution < -0.4 is 4.74 Å². The third-order valence-electron chi connectivity index (χ3n) is 7.37. The van der Waals surface area contributed by atoms with Gasteiger partial charge in [0.2, 0.25) is 0 Å². The van der Waals surface area contributed by atoms with E-state index in [0.29, 0.717) is 119 Å². The van der Waals surface area contributed by atoms with E-state index in [2.05, 4.69) is 31.2 Å². The highest BCUT2D eigenvalue weighted by molar-refractivity contribution is 5.67. The quantitative estimate of drug-likeness (QED) is 0.0720. The fraction of sp³-hybridized carbons (Fsp3) is 0.821. The van der Waals surface area contributed by atoms with E-state index in [0.717, 1.165) is 12.2 Å². The van der Waals surface area contributed by atoms with Crippen LogP contribution in [-0.4, -0.2) is 143 Å². The molecule has 0 unspecified atom stereocenters. The molecule has 0 fully saturated rings. The summed E-state index contributed by atoms with van der Waals surface area (Å²) in [5.74, 6) is 0.884. The highest BCUT2D eigenvalue weighted by Crippen LogP contribution is 2.15. The van der Waals surface area contributed by atoms with Crippen LogP contribution in [0.5, 0.6) is 5.75 Å². The van der Waals surface area contributed by atoms with Crippen LogP contribution in [0, 0.1) is 0 Å². The molecule has 1 aromatic rings. The third-order valence-corrected chi connectivity index (χ3v) is 7.37. The molecule has 0 bridgehead atoms. The number of likely N-dealkylation sites (N-methyl/N-ethyl adjacent to an activating group) is 1. The summed E-state index contributed by atoms with van der Waals surface area (Å²) in [6.07, 6.45) is 10.1. The highest BCUT2D eigenvalue weighted by atomic mass is 16.6. The van der Waals surface area contributed by atoms with Crippen molar-refractivity contribution in [3.05, 3.63) is 29.8 Å². The number of hydrogen-bond donors (Lipinski definition) is 0. The van der Waals surface area contributed by atoms with Crippen LogP contribution in [0.2, 0.25) is 0 Å². The Balaban J connectivity index is 1.73. The van der Waals surface area contributed by atoms with Crippen molar-refractivity contribution in [2.24, 2.45) is 0 Å². The van der Waals surface area contributed by atoms with Gasteiger partial charge in [-0.2, -0.15) is 0 Å². The average molecular weight is 730 g/mol. The normalized spacial score (nSPS) is 11.6. The Kier molecular flexibility index (Phi) is 31.1. The Morgan fingerprint density at radius 3 is 1.31 bits per heavy atom. The number of amides is 1. The molecule has 0 radical (unpaired) electrons. The maximum atomic E-state index is 11.9. The minimum Gasteiger partial charge on any atom is -0.491 e. The van der Waals surface area contributed by atoms with Crippen molar-refractivity contribution in [2.75, 3.05) is 126 Å². The van der Waals surface area contributed by atoms with Gasteiger partial charge in [-0.1, -0.05) is 57.6 Å². The van der Waals surface area contributed by atoms with Crippen molar-refractivity contribution in [1.82, 2.24) is 4.90 Å². The second-order valence-corrected chi connectivity index (χ2v) is 13.2. The third kappa shape index (κ3) is 32.4. The van der Waals surface area contributed by atoms with Gasteiger partial charge in [0.1, 0.15) is 18.0 Å². The Morgan fingerprint density at radius 1 is 0.529 bits per heavy atom. The molecule has 0 aromatic heterocycles. The molecule has 0 aliphatic heterocycles. The van der Waals surface area contributed by atoms with Gasteiger partial charge in [-0.3, -0.25) is 0 Å². The summed E-state index contributed by atoms with van der Waals surface area (Å²) in [4.78, 5) is 13.4. The zero-order valence-corrected chi connectivity index (χ0v) is 32.6. The second kappa shape index (κ2) is 33.8. The molecule has 1 rings (SSSR count). The molecule has 0 saturated heterocycles. The largest absolute Gasteiger partial charge is 0.491 e. The van der Waals surface area contributed by atoms with Crippen LogP contribution in [0.25, 0.3) is 0 Å². The molecule has 0 N–H and O–H groups in total. The van der Waals surface area contributed by atoms with Crippen LogP contribution in [-0.2, 0) is 49.1 Å². The summed E-state index contributed by atoms with van der Waals surface area (Å²) in [6, 6.07) is 8.44. The van der Waals surface area contributed by atoms with E-state index in [1.54, 1.807) is 7.05 Å². The van der Waals surface area contributed by atoms with Gasteiger partial charge in [-0.05, 0) is 51.3 Å². The summed E-state index contributed by atoms with van der Waals surface area (Å²) in [5, 5.41) is 0. The van der Waals surface area contributed by atoms with E-state index in [1.807, 2.05) is 20.8 Å². The maximum Gasteiger partial charge on any atom is 0.410 e. The summed E-state index contributed by atoms with van der Waals surface area (Å²) in [6.45, 7) is 16.7. The number of unbranched alkanes of at least 4 members (excludes halogenated alkanes) is 6. The number of carbonyl (C=O) groups excluding carboxylic acids is 1. The first-order valence-electron chi connectivity index (χ1n) is 19.1. The van der Waals surface area contributed by atoms with Gasteiger partial charge in [0, 0.05) is 13.6 Å². The molecule has 51 heavy (non-hydrogen) atoms. The Morgan fingerprint density at radius 2 is 0.902 bits per heavy atom. The van der Waals surface area contributed by atoms with E-state index in [1.165, 1.54) is 55.4 Å². The van der Waals surface area contributed by atoms with E-state index >= 15 is 0 Å². The monoisotopic (exact) mass is 730 g/mol. The number of rotatable bonds is 36. The predicted octanol–water partition coefficient (Wildman–Crippen LogP) is 6.36. The van der Waals surface area contributed by atoms with Gasteiger partial charge in [0.05, 0.1) is 106 Å². The first kappa shape index (κ1) is 47.0. The van der Waals surface area contributed by atoms with E-state index in [-0.39, 0.29) is 6.09 Å². The SMILES string of the molecule is CCCCCCCCCc1ccc(OCCOCCOCCOCCOCCOCCOCCOCCOCCN(C)C(=O)OC(C)(C)C)cc1. The number of ether oxygens (including phenoxy) is 10. The van der Waals surface area contributed by atoms with Gasteiger partial charge < -0.3 is 52.3 Å². The molecule has 0 aliphatic rings. The zero-order valence-electron chi connectivity index (χ0n) is 32.6. The molecule has 12 heteroatoms. The van der Waals surface area contributed by atoms with Crippen molar-refractivity contribution >= 4 is 6.09 Å². The smallest absolute Gasteiger partial charge is 0.410 e. The van der Waals surface area contributed by atoms with Gasteiger partial charge in [0.25, 0.3) is 0 Å². The molecule has 12 nitrogen and oxygen atoms in total. The molecular weight excluding hydrogens is 658 g/mol. The summed E-state index contributed by atoms with van der Waals surface area (Å²) < 4.78 is 55.2. The van der Waals surface area contributed by atoms with Crippen LogP contribution in [0.15, 0.2) is 24.3 Å². The molecule has 0 spiro atoms. The fourth-order valence-corrected chi connectivity index (χ4v) is 4.53. The van der Waals surface area contributed by atoms with Crippen LogP contribution in [0.4, 0.5) is 4.79 Å². The van der Waals surface area contributed by atoms with Crippen LogP contribution >= 0.6 is 0 Å². The molecular formula is C39H71NO11. The van der Waals surface area contributed by atoms with Crippen molar-refractivity contribution in [1.29, 1.82) is 0 Å². The topological polar surface area (TPSA) is 113 Å². The van der Waals surface area contributed by atoms with Gasteiger partial charge >= 0.3 is 6.09 Å². The number of carbonyl (C=O) groups is 1. The average Bonchev–Trinajstić information content (AvgIpc) is 3.10. The Hall–Kier alpha value is -2.03. The highest BCUT2D eigenvalue weighted by Gasteiger charge is 2.19. The van der Waals surface area contributed by atoms with Gasteiger partial charge in [-0.15, -0.1) is 0 Å². The Bertz CT molecular complexity index is 898. The van der Waals surface area contributed by atoms with Crippen LogP contribution in [0.1, 0.15) is 78.2 Å². The maximum absolute atomic E-state index is 11.9. The summed E-state index contributed by atoms with van der Waals surface area (Å²) in [5.41, 5.74) is 0.870. The van der Waals surface area contributed by atoms with E-state index in [9.17, 15) is 4.79 Å². The lowest BCUT2D eigenvalue weighted by molar-refractivity contribution is -0.0241. The lowest BCUT2D eigenvalue weighted by Crippen LogP contribution is -2.36. The first-order valence-corrected chi connectivity index (χ1v) is 19.1.